The Morgan fingerprint density at radius 3 is 2.23 bits per heavy atom. The molecule has 0 spiro atoms. The van der Waals surface area contributed by atoms with Crippen molar-refractivity contribution in [2.24, 2.45) is 0 Å². The van der Waals surface area contributed by atoms with Gasteiger partial charge < -0.3 is 14.2 Å². The summed E-state index contributed by atoms with van der Waals surface area (Å²) in [5, 5.41) is 3.32. The third kappa shape index (κ3) is 7.39. The summed E-state index contributed by atoms with van der Waals surface area (Å²) in [5.41, 5.74) is -0.257. The van der Waals surface area contributed by atoms with Gasteiger partial charge in [0.25, 0.3) is 0 Å². The third-order valence-electron chi connectivity index (χ3n) is 7.77. The lowest BCUT2D eigenvalue weighted by atomic mass is 10.1. The number of piperazine rings is 1. The van der Waals surface area contributed by atoms with E-state index in [-0.39, 0.29) is 60.0 Å². The van der Waals surface area contributed by atoms with Crippen LogP contribution in [0.1, 0.15) is 50.2 Å². The summed E-state index contributed by atoms with van der Waals surface area (Å²) in [4.78, 5) is 31.4. The van der Waals surface area contributed by atoms with Gasteiger partial charge in [0.15, 0.2) is 14.1 Å². The summed E-state index contributed by atoms with van der Waals surface area (Å²) in [6.07, 6.45) is -7.95. The second-order valence-corrected chi connectivity index (χ2v) is 17.9. The minimum absolute atomic E-state index is 0.0177. The molecule has 4 heterocycles. The van der Waals surface area contributed by atoms with Crippen molar-refractivity contribution in [2.75, 3.05) is 24.5 Å². The monoisotopic (exact) mass is 664 g/mol. The zero-order valence-corrected chi connectivity index (χ0v) is 27.2. The standard InChI is InChI=1S/C26H34F6N8O2SSi/c1-15-12-38(21-20(36-23(43-21)26(30,31)32)17-10-33-22(34-11-17)25(27,28)29)8-9-39(15)19(41)13-40-18(35-16(2)37-40)14-42-44(6,7)24(3,4)5/h10-11,15H,8-9,12-14H2,1-7H3/t15-/m1/s1. The number of halogens is 6. The first-order chi connectivity index (χ1) is 20.2. The summed E-state index contributed by atoms with van der Waals surface area (Å²) in [5.74, 6) is -0.631. The first kappa shape index (κ1) is 33.8. The predicted octanol–water partition coefficient (Wildman–Crippen LogP) is 5.80. The van der Waals surface area contributed by atoms with Crippen LogP contribution in [0, 0.1) is 6.92 Å². The molecular formula is C26H34F6N8O2SSi. The smallest absolute Gasteiger partial charge is 0.409 e. The van der Waals surface area contributed by atoms with Gasteiger partial charge in [0.1, 0.15) is 23.1 Å². The van der Waals surface area contributed by atoms with Gasteiger partial charge in [-0.2, -0.15) is 31.4 Å². The number of anilines is 1. The largest absolute Gasteiger partial charge is 0.451 e. The van der Waals surface area contributed by atoms with Gasteiger partial charge in [-0.1, -0.05) is 32.1 Å². The molecule has 4 rings (SSSR count). The molecule has 1 saturated heterocycles. The molecule has 44 heavy (non-hydrogen) atoms. The Morgan fingerprint density at radius 1 is 1.05 bits per heavy atom. The highest BCUT2D eigenvalue weighted by Crippen LogP contribution is 2.43. The molecule has 1 aliphatic heterocycles. The first-order valence-corrected chi connectivity index (χ1v) is 17.5. The number of amides is 1. The van der Waals surface area contributed by atoms with Gasteiger partial charge >= 0.3 is 12.4 Å². The highest BCUT2D eigenvalue weighted by atomic mass is 32.1. The molecule has 18 heteroatoms. The Kier molecular flexibility index (Phi) is 9.21. The van der Waals surface area contributed by atoms with E-state index in [1.54, 1.807) is 23.6 Å². The van der Waals surface area contributed by atoms with Gasteiger partial charge in [-0.3, -0.25) is 4.79 Å². The van der Waals surface area contributed by atoms with Gasteiger partial charge in [0.05, 0.1) is 6.61 Å². The summed E-state index contributed by atoms with van der Waals surface area (Å²) in [7, 11) is -2.09. The van der Waals surface area contributed by atoms with E-state index in [1.165, 1.54) is 4.68 Å². The summed E-state index contributed by atoms with van der Waals surface area (Å²) < 4.78 is 87.5. The van der Waals surface area contributed by atoms with Crippen LogP contribution in [0.15, 0.2) is 12.4 Å². The van der Waals surface area contributed by atoms with E-state index in [2.05, 4.69) is 58.9 Å². The normalized spacial score (nSPS) is 17.0. The van der Waals surface area contributed by atoms with Gasteiger partial charge in [0, 0.05) is 43.6 Å². The Hall–Kier alpha value is -3.12. The number of alkyl halides is 6. The van der Waals surface area contributed by atoms with Crippen LogP contribution in [0.3, 0.4) is 0 Å². The van der Waals surface area contributed by atoms with E-state index in [9.17, 15) is 31.1 Å². The van der Waals surface area contributed by atoms with Gasteiger partial charge in [-0.15, -0.1) is 0 Å². The Labute approximate surface area is 255 Å². The topological polar surface area (TPSA) is 102 Å². The molecule has 1 fully saturated rings. The molecule has 3 aromatic heterocycles. The lowest BCUT2D eigenvalue weighted by molar-refractivity contribution is -0.145. The quantitative estimate of drug-likeness (QED) is 0.231. The van der Waals surface area contributed by atoms with Gasteiger partial charge in [0.2, 0.25) is 16.7 Å². The van der Waals surface area contributed by atoms with E-state index in [1.807, 2.05) is 0 Å². The number of nitrogens with zero attached hydrogens (tertiary/aromatic N) is 8. The molecule has 0 aromatic carbocycles. The summed E-state index contributed by atoms with van der Waals surface area (Å²) in [6.45, 7) is 14.7. The molecule has 0 bridgehead atoms. The molecule has 1 amide bonds. The van der Waals surface area contributed by atoms with Crippen LogP contribution in [0.4, 0.5) is 31.3 Å². The summed E-state index contributed by atoms with van der Waals surface area (Å²) >= 11 is 0.381. The number of carbonyl (C=O) groups is 1. The molecule has 0 unspecified atom stereocenters. The Balaban J connectivity index is 1.50. The Morgan fingerprint density at radius 2 is 1.68 bits per heavy atom. The zero-order chi connectivity index (χ0) is 32.8. The third-order valence-corrected chi connectivity index (χ3v) is 13.4. The lowest BCUT2D eigenvalue weighted by Gasteiger charge is -2.40. The van der Waals surface area contributed by atoms with Crippen LogP contribution in [-0.2, 0) is 34.7 Å². The maximum absolute atomic E-state index is 13.6. The van der Waals surface area contributed by atoms with Crippen LogP contribution in [0.25, 0.3) is 11.3 Å². The average molecular weight is 665 g/mol. The molecule has 1 atom stereocenters. The van der Waals surface area contributed by atoms with Crippen LogP contribution >= 0.6 is 11.3 Å². The number of carbonyl (C=O) groups excluding carboxylic acids is 1. The fourth-order valence-electron chi connectivity index (χ4n) is 4.36. The molecular weight excluding hydrogens is 630 g/mol. The highest BCUT2D eigenvalue weighted by Gasteiger charge is 2.40. The molecule has 3 aromatic rings. The van der Waals surface area contributed by atoms with Gasteiger partial charge in [-0.05, 0) is 32.0 Å². The highest BCUT2D eigenvalue weighted by molar-refractivity contribution is 7.16. The Bertz CT molecular complexity index is 1480. The number of aromatic nitrogens is 6. The van der Waals surface area contributed by atoms with Crippen molar-refractivity contribution >= 4 is 30.6 Å². The van der Waals surface area contributed by atoms with Crippen molar-refractivity contribution in [1.29, 1.82) is 0 Å². The number of aryl methyl sites for hydroxylation is 1. The second kappa shape index (κ2) is 12.0. The SMILES string of the molecule is Cc1nc(CO[Si](C)(C)C(C)(C)C)n(CC(=O)N2CCN(c3sc(C(F)(F)F)nc3-c3cnc(C(F)(F)F)nc3)C[C@H]2C)n1. The van der Waals surface area contributed by atoms with Crippen LogP contribution < -0.4 is 4.90 Å². The number of rotatable bonds is 7. The van der Waals surface area contributed by atoms with Crippen LogP contribution in [0.2, 0.25) is 18.1 Å². The maximum atomic E-state index is 13.6. The van der Waals surface area contributed by atoms with E-state index in [4.69, 9.17) is 4.43 Å². The molecule has 0 radical (unpaired) electrons. The summed E-state index contributed by atoms with van der Waals surface area (Å²) in [6, 6.07) is -0.416. The van der Waals surface area contributed by atoms with Gasteiger partial charge in [-0.25, -0.2) is 24.6 Å². The molecule has 1 aliphatic rings. The first-order valence-electron chi connectivity index (χ1n) is 13.7. The van der Waals surface area contributed by atoms with E-state index in [0.29, 0.717) is 23.0 Å². The molecule has 0 aliphatic carbocycles. The molecule has 242 valence electrons. The van der Waals surface area contributed by atoms with Crippen LogP contribution in [0.5, 0.6) is 0 Å². The van der Waals surface area contributed by atoms with Crippen molar-refractivity contribution in [3.8, 4) is 11.3 Å². The van der Waals surface area contributed by atoms with Crippen molar-refractivity contribution < 1.29 is 35.6 Å². The van der Waals surface area contributed by atoms with Crippen molar-refractivity contribution in [2.45, 2.75) is 84.3 Å². The average Bonchev–Trinajstić information content (AvgIpc) is 3.50. The van der Waals surface area contributed by atoms with Crippen LogP contribution in [-0.4, -0.2) is 74.5 Å². The number of hydrogen-bond acceptors (Lipinski definition) is 9. The van der Waals surface area contributed by atoms with E-state index < -0.39 is 37.5 Å². The fraction of sp³-hybridized carbons (Fsp3) is 0.615. The molecule has 0 N–H and O–H groups in total. The minimum atomic E-state index is -4.80. The van der Waals surface area contributed by atoms with Crippen molar-refractivity contribution in [3.63, 3.8) is 0 Å². The maximum Gasteiger partial charge on any atom is 0.451 e. The molecule has 0 saturated carbocycles. The van der Waals surface area contributed by atoms with E-state index >= 15 is 0 Å². The minimum Gasteiger partial charge on any atom is -0.409 e. The lowest BCUT2D eigenvalue weighted by Crippen LogP contribution is -2.54. The van der Waals surface area contributed by atoms with Crippen molar-refractivity contribution in [1.82, 2.24) is 34.6 Å². The predicted molar refractivity (Wildman–Crippen MR) is 153 cm³/mol. The zero-order valence-electron chi connectivity index (χ0n) is 25.3. The van der Waals surface area contributed by atoms with E-state index in [0.717, 1.165) is 12.4 Å². The van der Waals surface area contributed by atoms with Crippen molar-refractivity contribution in [3.05, 3.63) is 34.9 Å². The second-order valence-electron chi connectivity index (χ2n) is 12.1. The fourth-order valence-corrected chi connectivity index (χ4v) is 6.27. The number of thiazole rings is 1. The molecule has 10 nitrogen and oxygen atoms in total. The number of hydrogen-bond donors (Lipinski definition) is 0.